The first-order chi connectivity index (χ1) is 14.1. The number of hydrogen-bond acceptors (Lipinski definition) is 4. The van der Waals surface area contributed by atoms with E-state index in [2.05, 4.69) is 16.4 Å². The van der Waals surface area contributed by atoms with E-state index in [1.165, 1.54) is 4.70 Å². The zero-order chi connectivity index (χ0) is 20.2. The molecule has 0 aliphatic carbocycles. The molecule has 29 heavy (non-hydrogen) atoms. The highest BCUT2D eigenvalue weighted by Crippen LogP contribution is 2.27. The number of amides is 1. The Balaban J connectivity index is 1.33. The van der Waals surface area contributed by atoms with Gasteiger partial charge in [-0.2, -0.15) is 0 Å². The molecule has 0 atom stereocenters. The van der Waals surface area contributed by atoms with E-state index in [4.69, 9.17) is 27.9 Å². The molecule has 1 N–H and O–H groups in total. The lowest BCUT2D eigenvalue weighted by Crippen LogP contribution is -2.20. The Kier molecular flexibility index (Phi) is 6.00. The largest absolute Gasteiger partial charge is 0.482 e. The van der Waals surface area contributed by atoms with E-state index in [9.17, 15) is 4.79 Å². The molecule has 1 amide bonds. The number of carbonyl (C=O) groups is 1. The van der Waals surface area contributed by atoms with Crippen molar-refractivity contribution in [2.24, 2.45) is 0 Å². The minimum absolute atomic E-state index is 0.144. The van der Waals surface area contributed by atoms with E-state index >= 15 is 0 Å². The SMILES string of the molecule is O=C(COc1ccc(Cl)cc1Cl)Nc1ccc(Cc2nc3ccccc3s2)cc1. The van der Waals surface area contributed by atoms with E-state index < -0.39 is 0 Å². The Hall–Kier alpha value is -2.60. The van der Waals surface area contributed by atoms with Gasteiger partial charge in [0.1, 0.15) is 5.75 Å². The third-order valence-electron chi connectivity index (χ3n) is 4.18. The molecule has 0 radical (unpaired) electrons. The molecule has 1 heterocycles. The summed E-state index contributed by atoms with van der Waals surface area (Å²) in [6, 6.07) is 20.7. The molecule has 0 aliphatic rings. The zero-order valence-corrected chi connectivity index (χ0v) is 17.5. The molecular weight excluding hydrogens is 427 g/mol. The Morgan fingerprint density at radius 1 is 1.03 bits per heavy atom. The highest BCUT2D eigenvalue weighted by atomic mass is 35.5. The average molecular weight is 443 g/mol. The van der Waals surface area contributed by atoms with Crippen molar-refractivity contribution < 1.29 is 9.53 Å². The summed E-state index contributed by atoms with van der Waals surface area (Å²) in [5, 5.41) is 4.75. The van der Waals surface area contributed by atoms with Crippen LogP contribution in [0.1, 0.15) is 10.6 Å². The smallest absolute Gasteiger partial charge is 0.262 e. The van der Waals surface area contributed by atoms with Gasteiger partial charge < -0.3 is 10.1 Å². The quantitative estimate of drug-likeness (QED) is 0.385. The third kappa shape index (κ3) is 5.07. The van der Waals surface area contributed by atoms with Crippen molar-refractivity contribution in [1.29, 1.82) is 0 Å². The molecule has 3 aromatic carbocycles. The van der Waals surface area contributed by atoms with Crippen molar-refractivity contribution in [3.05, 3.63) is 87.3 Å². The number of para-hydroxylation sites is 1. The molecule has 4 rings (SSSR count). The Labute approximate surface area is 182 Å². The number of fused-ring (bicyclic) bond motifs is 1. The van der Waals surface area contributed by atoms with Crippen LogP contribution in [0.25, 0.3) is 10.2 Å². The Morgan fingerprint density at radius 2 is 1.83 bits per heavy atom. The number of anilines is 1. The fraction of sp³-hybridized carbons (Fsp3) is 0.0909. The summed E-state index contributed by atoms with van der Waals surface area (Å²) in [5.41, 5.74) is 2.86. The maximum Gasteiger partial charge on any atom is 0.262 e. The zero-order valence-electron chi connectivity index (χ0n) is 15.2. The molecule has 7 heteroatoms. The summed E-state index contributed by atoms with van der Waals surface area (Å²) < 4.78 is 6.64. The van der Waals surface area contributed by atoms with Crippen molar-refractivity contribution in [1.82, 2.24) is 4.98 Å². The van der Waals surface area contributed by atoms with Gasteiger partial charge >= 0.3 is 0 Å². The van der Waals surface area contributed by atoms with E-state index in [-0.39, 0.29) is 12.5 Å². The lowest BCUT2D eigenvalue weighted by molar-refractivity contribution is -0.118. The number of hydrogen-bond donors (Lipinski definition) is 1. The maximum absolute atomic E-state index is 12.1. The minimum Gasteiger partial charge on any atom is -0.482 e. The van der Waals surface area contributed by atoms with Gasteiger partial charge in [-0.15, -0.1) is 11.3 Å². The van der Waals surface area contributed by atoms with Gasteiger partial charge in [-0.25, -0.2) is 4.98 Å². The number of ether oxygens (including phenoxy) is 1. The molecule has 0 spiro atoms. The molecule has 0 fully saturated rings. The normalized spacial score (nSPS) is 10.8. The first kappa shape index (κ1) is 19.7. The van der Waals surface area contributed by atoms with Gasteiger partial charge in [-0.1, -0.05) is 47.5 Å². The van der Waals surface area contributed by atoms with Crippen LogP contribution in [0.3, 0.4) is 0 Å². The third-order valence-corrected chi connectivity index (χ3v) is 5.75. The molecular formula is C22H16Cl2N2O2S. The standard InChI is InChI=1S/C22H16Cl2N2O2S/c23-15-7-10-19(17(24)12-15)28-13-21(27)25-16-8-5-14(6-9-16)11-22-26-18-3-1-2-4-20(18)29-22/h1-10,12H,11,13H2,(H,25,27). The van der Waals surface area contributed by atoms with Crippen molar-refractivity contribution in [2.75, 3.05) is 11.9 Å². The summed E-state index contributed by atoms with van der Waals surface area (Å²) in [5.74, 6) is 0.146. The topological polar surface area (TPSA) is 51.2 Å². The maximum atomic E-state index is 12.1. The highest BCUT2D eigenvalue weighted by molar-refractivity contribution is 7.18. The molecule has 146 valence electrons. The van der Waals surface area contributed by atoms with E-state index in [1.807, 2.05) is 42.5 Å². The fourth-order valence-electron chi connectivity index (χ4n) is 2.81. The second kappa shape index (κ2) is 8.82. The van der Waals surface area contributed by atoms with Crippen molar-refractivity contribution in [3.63, 3.8) is 0 Å². The van der Waals surface area contributed by atoms with Gasteiger partial charge in [0.05, 0.1) is 20.2 Å². The van der Waals surface area contributed by atoms with Gasteiger partial charge in [-0.05, 0) is 48.0 Å². The van der Waals surface area contributed by atoms with Crippen LogP contribution in [0, 0.1) is 0 Å². The highest BCUT2D eigenvalue weighted by Gasteiger charge is 2.08. The number of aromatic nitrogens is 1. The lowest BCUT2D eigenvalue weighted by atomic mass is 10.1. The first-order valence-corrected chi connectivity index (χ1v) is 10.5. The van der Waals surface area contributed by atoms with Crippen LogP contribution in [-0.4, -0.2) is 17.5 Å². The first-order valence-electron chi connectivity index (χ1n) is 8.88. The molecule has 0 unspecified atom stereocenters. The predicted octanol–water partition coefficient (Wildman–Crippen LogP) is 6.21. The second-order valence-electron chi connectivity index (χ2n) is 6.36. The summed E-state index contributed by atoms with van der Waals surface area (Å²) >= 11 is 13.6. The summed E-state index contributed by atoms with van der Waals surface area (Å²) in [6.45, 7) is -0.144. The number of nitrogens with zero attached hydrogens (tertiary/aromatic N) is 1. The Bertz CT molecular complexity index is 1130. The molecule has 1 aromatic heterocycles. The van der Waals surface area contributed by atoms with E-state index in [0.29, 0.717) is 21.5 Å². The number of nitrogens with one attached hydrogen (secondary N) is 1. The second-order valence-corrected chi connectivity index (χ2v) is 8.32. The van der Waals surface area contributed by atoms with E-state index in [1.54, 1.807) is 29.5 Å². The predicted molar refractivity (Wildman–Crippen MR) is 119 cm³/mol. The number of rotatable bonds is 6. The molecule has 4 nitrogen and oxygen atoms in total. The number of halogens is 2. The summed E-state index contributed by atoms with van der Waals surface area (Å²) in [4.78, 5) is 16.8. The molecule has 0 aliphatic heterocycles. The summed E-state index contributed by atoms with van der Waals surface area (Å²) in [7, 11) is 0. The lowest BCUT2D eigenvalue weighted by Gasteiger charge is -2.09. The van der Waals surface area contributed by atoms with Crippen LogP contribution in [0.2, 0.25) is 10.0 Å². The average Bonchev–Trinajstić information content (AvgIpc) is 3.11. The van der Waals surface area contributed by atoms with Crippen molar-refractivity contribution in [2.45, 2.75) is 6.42 Å². The van der Waals surface area contributed by atoms with Gasteiger partial charge in [0.2, 0.25) is 0 Å². The van der Waals surface area contributed by atoms with Crippen LogP contribution in [0.15, 0.2) is 66.7 Å². The molecule has 0 saturated carbocycles. The summed E-state index contributed by atoms with van der Waals surface area (Å²) in [6.07, 6.45) is 0.756. The number of carbonyl (C=O) groups excluding carboxylic acids is 1. The van der Waals surface area contributed by atoms with E-state index in [0.717, 1.165) is 22.5 Å². The molecule has 4 aromatic rings. The van der Waals surface area contributed by atoms with Gasteiger partial charge in [0, 0.05) is 17.1 Å². The monoisotopic (exact) mass is 442 g/mol. The molecule has 0 bridgehead atoms. The van der Waals surface area contributed by atoms with Gasteiger partial charge in [-0.3, -0.25) is 4.79 Å². The number of benzene rings is 3. The van der Waals surface area contributed by atoms with Gasteiger partial charge in [0.15, 0.2) is 6.61 Å². The van der Waals surface area contributed by atoms with Crippen LogP contribution in [0.4, 0.5) is 5.69 Å². The van der Waals surface area contributed by atoms with Crippen LogP contribution >= 0.6 is 34.5 Å². The fourth-order valence-corrected chi connectivity index (χ4v) is 4.27. The number of thiazole rings is 1. The molecule has 0 saturated heterocycles. The Morgan fingerprint density at radius 3 is 2.59 bits per heavy atom. The van der Waals surface area contributed by atoms with Crippen molar-refractivity contribution >= 4 is 56.3 Å². The van der Waals surface area contributed by atoms with Gasteiger partial charge in [0.25, 0.3) is 5.91 Å². The van der Waals surface area contributed by atoms with Crippen LogP contribution in [0.5, 0.6) is 5.75 Å². The van der Waals surface area contributed by atoms with Crippen LogP contribution < -0.4 is 10.1 Å². The van der Waals surface area contributed by atoms with Crippen molar-refractivity contribution in [3.8, 4) is 5.75 Å². The van der Waals surface area contributed by atoms with Crippen LogP contribution in [-0.2, 0) is 11.2 Å². The minimum atomic E-state index is -0.269.